The number of carbonyl (C=O) groups is 1. The molecule has 0 saturated carbocycles. The van der Waals surface area contributed by atoms with Crippen molar-refractivity contribution in [3.63, 3.8) is 0 Å². The van der Waals surface area contributed by atoms with Gasteiger partial charge in [0.1, 0.15) is 5.60 Å². The highest BCUT2D eigenvalue weighted by Gasteiger charge is 2.33. The van der Waals surface area contributed by atoms with Crippen LogP contribution < -0.4 is 0 Å². The van der Waals surface area contributed by atoms with Gasteiger partial charge in [0.2, 0.25) is 0 Å². The van der Waals surface area contributed by atoms with Crippen LogP contribution in [0.3, 0.4) is 0 Å². The number of piperidine rings is 1. The summed E-state index contributed by atoms with van der Waals surface area (Å²) in [5, 5.41) is 0. The minimum Gasteiger partial charge on any atom is -0.444 e. The topological polar surface area (TPSA) is 29.5 Å². The summed E-state index contributed by atoms with van der Waals surface area (Å²) in [4.78, 5) is 13.6. The Balaban J connectivity index is 2.62. The van der Waals surface area contributed by atoms with Crippen molar-refractivity contribution in [1.29, 1.82) is 0 Å². The van der Waals surface area contributed by atoms with Gasteiger partial charge >= 0.3 is 6.09 Å². The molecule has 1 unspecified atom stereocenters. The van der Waals surface area contributed by atoms with E-state index >= 15 is 0 Å². The van der Waals surface area contributed by atoms with Crippen molar-refractivity contribution in [2.45, 2.75) is 46.1 Å². The molecule has 1 rings (SSSR count). The molecule has 0 N–H and O–H groups in total. The molecule has 1 saturated heterocycles. The molecule has 90 valence electrons. The molecular formula is C13H21NO2. The molecule has 1 atom stereocenters. The van der Waals surface area contributed by atoms with Crippen molar-refractivity contribution in [3.05, 3.63) is 0 Å². The number of ether oxygens (including phenoxy) is 1. The van der Waals surface area contributed by atoms with Crippen molar-refractivity contribution in [3.8, 4) is 12.3 Å². The van der Waals surface area contributed by atoms with E-state index in [0.717, 1.165) is 19.4 Å². The van der Waals surface area contributed by atoms with Crippen molar-refractivity contribution < 1.29 is 9.53 Å². The van der Waals surface area contributed by atoms with Crippen LogP contribution in [-0.4, -0.2) is 29.7 Å². The van der Waals surface area contributed by atoms with Gasteiger partial charge in [-0.1, -0.05) is 5.92 Å². The van der Waals surface area contributed by atoms with Crippen LogP contribution in [0.4, 0.5) is 4.79 Å². The summed E-state index contributed by atoms with van der Waals surface area (Å²) in [6.07, 6.45) is 7.16. The Kier molecular flexibility index (Phi) is 3.52. The maximum absolute atomic E-state index is 11.9. The maximum atomic E-state index is 11.9. The van der Waals surface area contributed by atoms with Gasteiger partial charge < -0.3 is 9.64 Å². The molecule has 0 aliphatic carbocycles. The van der Waals surface area contributed by atoms with Crippen molar-refractivity contribution >= 4 is 6.09 Å². The van der Waals surface area contributed by atoms with Crippen molar-refractivity contribution in [2.75, 3.05) is 13.1 Å². The van der Waals surface area contributed by atoms with Crippen LogP contribution in [0.25, 0.3) is 0 Å². The van der Waals surface area contributed by atoms with E-state index in [1.54, 1.807) is 4.90 Å². The first kappa shape index (κ1) is 12.9. The number of hydrogen-bond acceptors (Lipinski definition) is 2. The molecule has 3 heteroatoms. The minimum atomic E-state index is -0.443. The zero-order valence-electron chi connectivity index (χ0n) is 10.7. The fraction of sp³-hybridized carbons (Fsp3) is 0.769. The quantitative estimate of drug-likeness (QED) is 0.591. The van der Waals surface area contributed by atoms with E-state index in [1.165, 1.54) is 0 Å². The molecule has 0 aromatic carbocycles. The Hall–Kier alpha value is -1.17. The summed E-state index contributed by atoms with van der Waals surface area (Å²) >= 11 is 0. The van der Waals surface area contributed by atoms with Gasteiger partial charge in [-0.2, -0.15) is 0 Å². The molecule has 1 aliphatic rings. The highest BCUT2D eigenvalue weighted by molar-refractivity contribution is 5.68. The first-order valence-corrected chi connectivity index (χ1v) is 5.71. The fourth-order valence-corrected chi connectivity index (χ4v) is 1.84. The fourth-order valence-electron chi connectivity index (χ4n) is 1.84. The van der Waals surface area contributed by atoms with Crippen LogP contribution in [0.1, 0.15) is 40.5 Å². The molecule has 0 radical (unpaired) electrons. The predicted octanol–water partition coefficient (Wildman–Crippen LogP) is 2.66. The van der Waals surface area contributed by atoms with Crippen LogP contribution in [0.2, 0.25) is 0 Å². The molecule has 16 heavy (non-hydrogen) atoms. The summed E-state index contributed by atoms with van der Waals surface area (Å²) in [5.74, 6) is 2.78. The van der Waals surface area contributed by atoms with Crippen LogP contribution in [0.15, 0.2) is 0 Å². The number of likely N-dealkylation sites (tertiary alicyclic amines) is 1. The lowest BCUT2D eigenvalue weighted by molar-refractivity contribution is 0.0129. The smallest absolute Gasteiger partial charge is 0.410 e. The average Bonchev–Trinajstić information content (AvgIpc) is 2.15. The Bertz CT molecular complexity index is 311. The Morgan fingerprint density at radius 1 is 1.50 bits per heavy atom. The first-order valence-electron chi connectivity index (χ1n) is 5.71. The Labute approximate surface area is 98.1 Å². The van der Waals surface area contributed by atoms with Crippen molar-refractivity contribution in [2.24, 2.45) is 5.41 Å². The molecular weight excluding hydrogens is 202 g/mol. The van der Waals surface area contributed by atoms with Crippen LogP contribution in [0.5, 0.6) is 0 Å². The second kappa shape index (κ2) is 4.37. The number of amides is 1. The third-order valence-corrected chi connectivity index (χ3v) is 2.70. The summed E-state index contributed by atoms with van der Waals surface area (Å²) < 4.78 is 5.33. The minimum absolute atomic E-state index is 0.199. The lowest BCUT2D eigenvalue weighted by atomic mass is 9.83. The highest BCUT2D eigenvalue weighted by Crippen LogP contribution is 2.29. The first-order chi connectivity index (χ1) is 7.26. The third-order valence-electron chi connectivity index (χ3n) is 2.70. The molecule has 1 amide bonds. The van der Waals surface area contributed by atoms with E-state index < -0.39 is 5.60 Å². The summed E-state index contributed by atoms with van der Waals surface area (Å²) in [6, 6.07) is 0. The van der Waals surface area contributed by atoms with Gasteiger partial charge in [0.25, 0.3) is 0 Å². The van der Waals surface area contributed by atoms with Gasteiger partial charge in [0.05, 0.1) is 0 Å². The van der Waals surface area contributed by atoms with E-state index in [1.807, 2.05) is 27.7 Å². The second-order valence-corrected chi connectivity index (χ2v) is 5.71. The van der Waals surface area contributed by atoms with Gasteiger partial charge in [0.15, 0.2) is 0 Å². The Morgan fingerprint density at radius 2 is 2.12 bits per heavy atom. The van der Waals surface area contributed by atoms with Crippen molar-refractivity contribution in [1.82, 2.24) is 4.90 Å². The van der Waals surface area contributed by atoms with E-state index in [9.17, 15) is 4.79 Å². The molecule has 0 aromatic rings. The third kappa shape index (κ3) is 3.44. The van der Waals surface area contributed by atoms with Crippen LogP contribution >= 0.6 is 0 Å². The monoisotopic (exact) mass is 223 g/mol. The normalized spacial score (nSPS) is 26.1. The van der Waals surface area contributed by atoms with Gasteiger partial charge in [-0.15, -0.1) is 6.42 Å². The average molecular weight is 223 g/mol. The molecule has 3 nitrogen and oxygen atoms in total. The van der Waals surface area contributed by atoms with Crippen LogP contribution in [0, 0.1) is 17.8 Å². The number of nitrogens with zero attached hydrogens (tertiary/aromatic N) is 1. The SMILES string of the molecule is C#CC1(C)CCCN(C(=O)OC(C)(C)C)C1. The zero-order valence-corrected chi connectivity index (χ0v) is 10.7. The zero-order chi connectivity index (χ0) is 12.4. The molecule has 1 fully saturated rings. The van der Waals surface area contributed by atoms with E-state index in [0.29, 0.717) is 6.54 Å². The number of rotatable bonds is 0. The summed E-state index contributed by atoms with van der Waals surface area (Å²) in [6.45, 7) is 8.97. The number of hydrogen-bond donors (Lipinski definition) is 0. The van der Waals surface area contributed by atoms with Gasteiger partial charge in [-0.3, -0.25) is 0 Å². The molecule has 0 spiro atoms. The molecule has 0 bridgehead atoms. The van der Waals surface area contributed by atoms with Gasteiger partial charge in [-0.25, -0.2) is 4.79 Å². The standard InChI is InChI=1S/C13H21NO2/c1-6-13(5)8-7-9-14(10-13)11(15)16-12(2,3)4/h1H,7-10H2,2-5H3. The summed E-state index contributed by atoms with van der Waals surface area (Å²) in [5.41, 5.74) is -0.643. The number of terminal acetylenes is 1. The largest absolute Gasteiger partial charge is 0.444 e. The molecule has 0 aromatic heterocycles. The molecule has 1 heterocycles. The van der Waals surface area contributed by atoms with Crippen LogP contribution in [-0.2, 0) is 4.74 Å². The lowest BCUT2D eigenvalue weighted by Crippen LogP contribution is -2.46. The predicted molar refractivity (Wildman–Crippen MR) is 64.0 cm³/mol. The lowest BCUT2D eigenvalue weighted by Gasteiger charge is -2.37. The summed E-state index contributed by atoms with van der Waals surface area (Å²) in [7, 11) is 0. The van der Waals surface area contributed by atoms with E-state index in [-0.39, 0.29) is 11.5 Å². The maximum Gasteiger partial charge on any atom is 0.410 e. The Morgan fingerprint density at radius 3 is 2.62 bits per heavy atom. The van der Waals surface area contributed by atoms with E-state index in [2.05, 4.69) is 5.92 Å². The molecule has 1 aliphatic heterocycles. The highest BCUT2D eigenvalue weighted by atomic mass is 16.6. The van der Waals surface area contributed by atoms with E-state index in [4.69, 9.17) is 11.2 Å². The van der Waals surface area contributed by atoms with Gasteiger partial charge in [-0.05, 0) is 40.5 Å². The van der Waals surface area contributed by atoms with Gasteiger partial charge in [0, 0.05) is 18.5 Å². The number of carbonyl (C=O) groups excluding carboxylic acids is 1. The second-order valence-electron chi connectivity index (χ2n) is 5.71.